The number of benzene rings is 3. The van der Waals surface area contributed by atoms with E-state index in [0.717, 1.165) is 17.7 Å². The van der Waals surface area contributed by atoms with E-state index in [2.05, 4.69) is 83.1 Å². The van der Waals surface area contributed by atoms with E-state index in [9.17, 15) is 0 Å². The molecule has 0 saturated carbocycles. The number of para-hydroxylation sites is 1. The first-order valence-electron chi connectivity index (χ1n) is 9.60. The van der Waals surface area contributed by atoms with E-state index in [0.29, 0.717) is 17.9 Å². The van der Waals surface area contributed by atoms with Gasteiger partial charge in [0.15, 0.2) is 0 Å². The topological polar surface area (TPSA) is 24.4 Å². The summed E-state index contributed by atoms with van der Waals surface area (Å²) < 4.78 is 0. The molecule has 3 atom stereocenters. The molecule has 2 aliphatic rings. The zero-order valence-electron chi connectivity index (χ0n) is 15.1. The lowest BCUT2D eigenvalue weighted by Gasteiger charge is -2.37. The lowest BCUT2D eigenvalue weighted by atomic mass is 9.77. The number of allylic oxidation sites excluding steroid dienone is 2. The number of aliphatic imine (C=N–C) groups is 1. The summed E-state index contributed by atoms with van der Waals surface area (Å²) in [4.78, 5) is 4.61. The Morgan fingerprint density at radius 3 is 2.48 bits per heavy atom. The van der Waals surface area contributed by atoms with Gasteiger partial charge in [-0.15, -0.1) is 0 Å². The normalized spacial score (nSPS) is 23.0. The standard InChI is InChI=1S/C25H22N2/c1-2-7-18(8-3-1)17-26-20-15-13-19(14-16-20)25-23-11-6-10-21(23)22-9-4-5-12-24(22)27-25/h1-10,12-17,21,23,25,27H,11H2. The van der Waals surface area contributed by atoms with Gasteiger partial charge in [0.05, 0.1) is 11.7 Å². The number of nitrogens with zero attached hydrogens (tertiary/aromatic N) is 1. The van der Waals surface area contributed by atoms with Crippen molar-refractivity contribution < 1.29 is 0 Å². The molecular weight excluding hydrogens is 328 g/mol. The SMILES string of the molecule is C1=CC2c3ccccc3NC(c3ccc(N=Cc4ccccc4)cc3)C2C1. The average Bonchev–Trinajstić information content (AvgIpc) is 3.23. The van der Waals surface area contributed by atoms with E-state index >= 15 is 0 Å². The second-order valence-electron chi connectivity index (χ2n) is 7.32. The molecule has 0 amide bonds. The molecule has 0 bridgehead atoms. The van der Waals surface area contributed by atoms with Crippen molar-refractivity contribution in [2.75, 3.05) is 5.32 Å². The molecule has 1 heterocycles. The van der Waals surface area contributed by atoms with Crippen LogP contribution in [-0.2, 0) is 0 Å². The minimum absolute atomic E-state index is 0.340. The van der Waals surface area contributed by atoms with Crippen LogP contribution in [0.3, 0.4) is 0 Å². The molecule has 0 fully saturated rings. The van der Waals surface area contributed by atoms with Gasteiger partial charge in [0.1, 0.15) is 0 Å². The molecule has 3 aromatic rings. The lowest BCUT2D eigenvalue weighted by molar-refractivity contribution is 0.425. The van der Waals surface area contributed by atoms with Crippen LogP contribution >= 0.6 is 0 Å². The van der Waals surface area contributed by atoms with Crippen molar-refractivity contribution in [2.24, 2.45) is 10.9 Å². The van der Waals surface area contributed by atoms with Crippen molar-refractivity contribution >= 4 is 17.6 Å². The fourth-order valence-electron chi connectivity index (χ4n) is 4.33. The summed E-state index contributed by atoms with van der Waals surface area (Å²) in [6.07, 6.45) is 7.77. The van der Waals surface area contributed by atoms with Gasteiger partial charge < -0.3 is 5.32 Å². The quantitative estimate of drug-likeness (QED) is 0.437. The molecule has 0 saturated heterocycles. The van der Waals surface area contributed by atoms with Crippen molar-refractivity contribution in [1.29, 1.82) is 0 Å². The monoisotopic (exact) mass is 350 g/mol. The van der Waals surface area contributed by atoms with Crippen LogP contribution in [0.15, 0.2) is 96.0 Å². The van der Waals surface area contributed by atoms with Crippen LogP contribution in [0.4, 0.5) is 11.4 Å². The smallest absolute Gasteiger partial charge is 0.0630 e. The first kappa shape index (κ1) is 16.1. The Morgan fingerprint density at radius 2 is 1.63 bits per heavy atom. The maximum atomic E-state index is 4.61. The van der Waals surface area contributed by atoms with Gasteiger partial charge in [0.2, 0.25) is 0 Å². The van der Waals surface area contributed by atoms with Crippen molar-refractivity contribution in [3.05, 3.63) is 108 Å². The highest BCUT2D eigenvalue weighted by Gasteiger charge is 2.37. The molecule has 5 rings (SSSR count). The van der Waals surface area contributed by atoms with Crippen LogP contribution in [0.5, 0.6) is 0 Å². The third kappa shape index (κ3) is 3.08. The number of rotatable bonds is 3. The Balaban J connectivity index is 1.40. The Labute approximate surface area is 160 Å². The second kappa shape index (κ2) is 6.88. The third-order valence-electron chi connectivity index (χ3n) is 5.69. The van der Waals surface area contributed by atoms with E-state index in [-0.39, 0.29) is 0 Å². The molecule has 0 aromatic heterocycles. The summed E-state index contributed by atoms with van der Waals surface area (Å²) in [7, 11) is 0. The Hall–Kier alpha value is -3.13. The molecule has 3 unspecified atom stereocenters. The Bertz CT molecular complexity index is 986. The molecule has 1 N–H and O–H groups in total. The third-order valence-corrected chi connectivity index (χ3v) is 5.69. The summed E-state index contributed by atoms with van der Waals surface area (Å²) in [5, 5.41) is 3.78. The molecular formula is C25H22N2. The maximum absolute atomic E-state index is 4.61. The molecule has 2 heteroatoms. The van der Waals surface area contributed by atoms with E-state index in [1.165, 1.54) is 16.8 Å². The van der Waals surface area contributed by atoms with Crippen LogP contribution in [0.2, 0.25) is 0 Å². The molecule has 27 heavy (non-hydrogen) atoms. The number of anilines is 1. The molecule has 1 aliphatic heterocycles. The fourth-order valence-corrected chi connectivity index (χ4v) is 4.33. The largest absolute Gasteiger partial charge is 0.378 e. The predicted molar refractivity (Wildman–Crippen MR) is 113 cm³/mol. The van der Waals surface area contributed by atoms with Crippen molar-refractivity contribution in [1.82, 2.24) is 0 Å². The van der Waals surface area contributed by atoms with E-state index < -0.39 is 0 Å². The summed E-state index contributed by atoms with van der Waals surface area (Å²) >= 11 is 0. The van der Waals surface area contributed by atoms with Crippen molar-refractivity contribution in [2.45, 2.75) is 18.4 Å². The van der Waals surface area contributed by atoms with Crippen molar-refractivity contribution in [3.63, 3.8) is 0 Å². The van der Waals surface area contributed by atoms with Gasteiger partial charge in [0.25, 0.3) is 0 Å². The second-order valence-corrected chi connectivity index (χ2v) is 7.32. The van der Waals surface area contributed by atoms with Crippen LogP contribution in [0, 0.1) is 5.92 Å². The van der Waals surface area contributed by atoms with Gasteiger partial charge in [-0.3, -0.25) is 4.99 Å². The number of fused-ring (bicyclic) bond motifs is 3. The van der Waals surface area contributed by atoms with Crippen LogP contribution in [0.1, 0.15) is 35.1 Å². The van der Waals surface area contributed by atoms with E-state index in [4.69, 9.17) is 0 Å². The Morgan fingerprint density at radius 1 is 0.852 bits per heavy atom. The highest BCUT2D eigenvalue weighted by Crippen LogP contribution is 2.49. The molecule has 0 spiro atoms. The van der Waals surface area contributed by atoms with Crippen LogP contribution in [-0.4, -0.2) is 6.21 Å². The maximum Gasteiger partial charge on any atom is 0.0630 e. The van der Waals surface area contributed by atoms with Gasteiger partial charge in [-0.1, -0.05) is 72.8 Å². The highest BCUT2D eigenvalue weighted by molar-refractivity contribution is 5.81. The first-order chi connectivity index (χ1) is 13.4. The summed E-state index contributed by atoms with van der Waals surface area (Å²) in [5.41, 5.74) is 6.13. The predicted octanol–water partition coefficient (Wildman–Crippen LogP) is 6.26. The minimum atomic E-state index is 0.340. The zero-order chi connectivity index (χ0) is 18.1. The number of hydrogen-bond acceptors (Lipinski definition) is 2. The summed E-state index contributed by atoms with van der Waals surface area (Å²) in [6, 6.07) is 27.9. The zero-order valence-corrected chi connectivity index (χ0v) is 15.1. The van der Waals surface area contributed by atoms with E-state index in [1.807, 2.05) is 24.4 Å². The molecule has 3 aromatic carbocycles. The van der Waals surface area contributed by atoms with Crippen molar-refractivity contribution in [3.8, 4) is 0 Å². The van der Waals surface area contributed by atoms with Gasteiger partial charge in [0, 0.05) is 17.8 Å². The summed E-state index contributed by atoms with van der Waals surface area (Å²) in [6.45, 7) is 0. The summed E-state index contributed by atoms with van der Waals surface area (Å²) in [5.74, 6) is 1.10. The van der Waals surface area contributed by atoms with Crippen LogP contribution < -0.4 is 5.32 Å². The fraction of sp³-hybridized carbons (Fsp3) is 0.160. The van der Waals surface area contributed by atoms with Gasteiger partial charge in [-0.25, -0.2) is 0 Å². The van der Waals surface area contributed by atoms with Gasteiger partial charge in [-0.2, -0.15) is 0 Å². The lowest BCUT2D eigenvalue weighted by Crippen LogP contribution is -2.28. The molecule has 132 valence electrons. The number of nitrogens with one attached hydrogen (secondary N) is 1. The molecule has 2 nitrogen and oxygen atoms in total. The average molecular weight is 350 g/mol. The highest BCUT2D eigenvalue weighted by atomic mass is 15.0. The van der Waals surface area contributed by atoms with E-state index in [1.54, 1.807) is 0 Å². The van der Waals surface area contributed by atoms with Gasteiger partial charge in [-0.05, 0) is 47.2 Å². The first-order valence-corrected chi connectivity index (χ1v) is 9.60. The molecule has 1 aliphatic carbocycles. The minimum Gasteiger partial charge on any atom is -0.378 e. The van der Waals surface area contributed by atoms with Crippen LogP contribution in [0.25, 0.3) is 0 Å². The number of hydrogen-bond donors (Lipinski definition) is 1. The van der Waals surface area contributed by atoms with Gasteiger partial charge >= 0.3 is 0 Å². The molecule has 0 radical (unpaired) electrons. The Kier molecular flexibility index (Phi) is 4.10.